The van der Waals surface area contributed by atoms with E-state index in [4.69, 9.17) is 5.11 Å². The average Bonchev–Trinajstić information content (AvgIpc) is 3.08. The third-order valence-corrected chi connectivity index (χ3v) is 2.73. The number of carboxylic acids is 1. The van der Waals surface area contributed by atoms with Crippen LogP contribution in [-0.2, 0) is 9.59 Å². The maximum absolute atomic E-state index is 11.6. The maximum Gasteiger partial charge on any atom is 0.321 e. The Bertz CT molecular complexity index is 342. The second-order valence-electron chi connectivity index (χ2n) is 4.81. The topological polar surface area (TPSA) is 98.7 Å². The molecule has 0 aromatic rings. The van der Waals surface area contributed by atoms with Crippen LogP contribution < -0.4 is 10.6 Å². The lowest BCUT2D eigenvalue weighted by atomic mass is 10.3. The zero-order valence-corrected chi connectivity index (χ0v) is 11.1. The minimum atomic E-state index is -0.969. The quantitative estimate of drug-likeness (QED) is 0.578. The summed E-state index contributed by atoms with van der Waals surface area (Å²) in [7, 11) is 0. The number of aliphatic carboxylic acids is 1. The van der Waals surface area contributed by atoms with Crippen molar-refractivity contribution in [2.45, 2.75) is 26.2 Å². The van der Waals surface area contributed by atoms with E-state index < -0.39 is 17.9 Å². The number of nitrogens with zero attached hydrogens (tertiary/aromatic N) is 1. The number of amides is 3. The SMILES string of the molecule is CCCNC(=O)NC(=O)CN(CC(=O)O)CC1CC1. The number of carbonyl (C=O) groups excluding carboxylic acids is 2. The molecule has 0 unspecified atom stereocenters. The van der Waals surface area contributed by atoms with Crippen molar-refractivity contribution < 1.29 is 19.5 Å². The van der Waals surface area contributed by atoms with E-state index in [1.54, 1.807) is 4.90 Å². The van der Waals surface area contributed by atoms with Gasteiger partial charge in [-0.3, -0.25) is 19.8 Å². The summed E-state index contributed by atoms with van der Waals surface area (Å²) in [5.74, 6) is -0.958. The van der Waals surface area contributed by atoms with Gasteiger partial charge in [-0.15, -0.1) is 0 Å². The van der Waals surface area contributed by atoms with E-state index in [9.17, 15) is 14.4 Å². The average molecular weight is 271 g/mol. The van der Waals surface area contributed by atoms with Gasteiger partial charge >= 0.3 is 12.0 Å². The van der Waals surface area contributed by atoms with Crippen molar-refractivity contribution in [3.8, 4) is 0 Å². The van der Waals surface area contributed by atoms with Gasteiger partial charge in [0.05, 0.1) is 13.1 Å². The Hall–Kier alpha value is -1.63. The van der Waals surface area contributed by atoms with Gasteiger partial charge in [-0.1, -0.05) is 6.92 Å². The number of nitrogens with one attached hydrogen (secondary N) is 2. The molecule has 108 valence electrons. The highest BCUT2D eigenvalue weighted by atomic mass is 16.4. The molecule has 1 aliphatic rings. The predicted molar refractivity (Wildman–Crippen MR) is 68.6 cm³/mol. The summed E-state index contributed by atoms with van der Waals surface area (Å²) in [4.78, 5) is 35.1. The van der Waals surface area contributed by atoms with Crippen LogP contribution in [0.25, 0.3) is 0 Å². The monoisotopic (exact) mass is 271 g/mol. The first kappa shape index (κ1) is 15.4. The highest BCUT2D eigenvalue weighted by Gasteiger charge is 2.26. The Kier molecular flexibility index (Phi) is 6.27. The van der Waals surface area contributed by atoms with Gasteiger partial charge in [0.1, 0.15) is 0 Å². The molecular formula is C12H21N3O4. The summed E-state index contributed by atoms with van der Waals surface area (Å²) >= 11 is 0. The minimum absolute atomic E-state index is 0.0671. The van der Waals surface area contributed by atoms with Crippen molar-refractivity contribution in [3.63, 3.8) is 0 Å². The van der Waals surface area contributed by atoms with Gasteiger partial charge in [-0.05, 0) is 25.2 Å². The van der Waals surface area contributed by atoms with Crippen LogP contribution in [0.2, 0.25) is 0 Å². The molecule has 0 saturated heterocycles. The lowest BCUT2D eigenvalue weighted by molar-refractivity contribution is -0.138. The van der Waals surface area contributed by atoms with Crippen molar-refractivity contribution in [1.29, 1.82) is 0 Å². The number of hydrogen-bond donors (Lipinski definition) is 3. The number of rotatable bonds is 8. The van der Waals surface area contributed by atoms with Crippen molar-refractivity contribution in [1.82, 2.24) is 15.5 Å². The van der Waals surface area contributed by atoms with Crippen LogP contribution >= 0.6 is 0 Å². The molecule has 1 saturated carbocycles. The number of carbonyl (C=O) groups is 3. The molecular weight excluding hydrogens is 250 g/mol. The third kappa shape index (κ3) is 7.40. The van der Waals surface area contributed by atoms with Gasteiger partial charge in [0.2, 0.25) is 5.91 Å². The van der Waals surface area contributed by atoms with Crippen molar-refractivity contribution in [3.05, 3.63) is 0 Å². The molecule has 0 spiro atoms. The highest BCUT2D eigenvalue weighted by Crippen LogP contribution is 2.29. The first-order valence-electron chi connectivity index (χ1n) is 6.53. The van der Waals surface area contributed by atoms with Crippen molar-refractivity contribution >= 4 is 17.9 Å². The largest absolute Gasteiger partial charge is 0.480 e. The maximum atomic E-state index is 11.6. The van der Waals surface area contributed by atoms with Gasteiger partial charge in [-0.2, -0.15) is 0 Å². The van der Waals surface area contributed by atoms with Crippen LogP contribution in [0.3, 0.4) is 0 Å². The molecule has 0 atom stereocenters. The Balaban J connectivity index is 2.32. The first-order chi connectivity index (χ1) is 9.01. The molecule has 0 aliphatic heterocycles. The zero-order valence-electron chi connectivity index (χ0n) is 11.1. The number of imide groups is 1. The zero-order chi connectivity index (χ0) is 14.3. The van der Waals surface area contributed by atoms with E-state index in [2.05, 4.69) is 10.6 Å². The molecule has 19 heavy (non-hydrogen) atoms. The Morgan fingerprint density at radius 2 is 1.95 bits per heavy atom. The van der Waals surface area contributed by atoms with Crippen LogP contribution in [0, 0.1) is 5.92 Å². The standard InChI is InChI=1S/C12H21N3O4/c1-2-5-13-12(19)14-10(16)7-15(8-11(17)18)6-9-3-4-9/h9H,2-8H2,1H3,(H,17,18)(H2,13,14,16,19). The van der Waals surface area contributed by atoms with Crippen LogP contribution in [-0.4, -0.2) is 54.1 Å². The first-order valence-corrected chi connectivity index (χ1v) is 6.53. The van der Waals surface area contributed by atoms with Gasteiger partial charge in [0, 0.05) is 13.1 Å². The number of carboxylic acid groups (broad SMARTS) is 1. The normalized spacial score (nSPS) is 14.2. The summed E-state index contributed by atoms with van der Waals surface area (Å²) in [6, 6.07) is -0.534. The molecule has 0 aromatic carbocycles. The van der Waals surface area contributed by atoms with Crippen LogP contribution in [0.15, 0.2) is 0 Å². The Morgan fingerprint density at radius 1 is 1.26 bits per heavy atom. The van der Waals surface area contributed by atoms with Gasteiger partial charge in [0.15, 0.2) is 0 Å². The lowest BCUT2D eigenvalue weighted by Crippen LogP contribution is -2.46. The molecule has 0 aromatic heterocycles. The smallest absolute Gasteiger partial charge is 0.321 e. The van der Waals surface area contributed by atoms with Crippen LogP contribution in [0.5, 0.6) is 0 Å². The fourth-order valence-electron chi connectivity index (χ4n) is 1.69. The minimum Gasteiger partial charge on any atom is -0.480 e. The summed E-state index contributed by atoms with van der Waals surface area (Å²) in [6.07, 6.45) is 2.94. The second-order valence-corrected chi connectivity index (χ2v) is 4.81. The van der Waals surface area contributed by atoms with E-state index in [-0.39, 0.29) is 13.1 Å². The van der Waals surface area contributed by atoms with E-state index >= 15 is 0 Å². The van der Waals surface area contributed by atoms with Gasteiger partial charge in [-0.25, -0.2) is 4.79 Å². The second kappa shape index (κ2) is 7.73. The molecule has 3 amide bonds. The molecule has 0 radical (unpaired) electrons. The molecule has 1 fully saturated rings. The van der Waals surface area contributed by atoms with E-state index in [0.717, 1.165) is 19.3 Å². The number of hydrogen-bond acceptors (Lipinski definition) is 4. The fourth-order valence-corrected chi connectivity index (χ4v) is 1.69. The Labute approximate surface area is 112 Å². The summed E-state index contributed by atoms with van der Waals surface area (Å²) < 4.78 is 0. The van der Waals surface area contributed by atoms with Crippen molar-refractivity contribution in [2.24, 2.45) is 5.92 Å². The molecule has 7 heteroatoms. The molecule has 3 N–H and O–H groups in total. The molecule has 1 rings (SSSR count). The summed E-state index contributed by atoms with van der Waals surface area (Å²) in [5, 5.41) is 13.5. The lowest BCUT2D eigenvalue weighted by Gasteiger charge is -2.19. The van der Waals surface area contributed by atoms with Crippen LogP contribution in [0.4, 0.5) is 4.79 Å². The molecule has 7 nitrogen and oxygen atoms in total. The Morgan fingerprint density at radius 3 is 2.47 bits per heavy atom. The summed E-state index contributed by atoms with van der Waals surface area (Å²) in [6.45, 7) is 2.76. The third-order valence-electron chi connectivity index (χ3n) is 2.73. The highest BCUT2D eigenvalue weighted by molar-refractivity contribution is 5.95. The van der Waals surface area contributed by atoms with Gasteiger partial charge in [0.25, 0.3) is 0 Å². The molecule has 1 aliphatic carbocycles. The summed E-state index contributed by atoms with van der Waals surface area (Å²) in [5.41, 5.74) is 0. The predicted octanol–water partition coefficient (Wildman–Crippen LogP) is 0.0188. The van der Waals surface area contributed by atoms with E-state index in [1.807, 2.05) is 6.92 Å². The van der Waals surface area contributed by atoms with Crippen LogP contribution in [0.1, 0.15) is 26.2 Å². The number of urea groups is 1. The van der Waals surface area contributed by atoms with E-state index in [1.165, 1.54) is 0 Å². The van der Waals surface area contributed by atoms with E-state index in [0.29, 0.717) is 19.0 Å². The molecule has 0 heterocycles. The van der Waals surface area contributed by atoms with Crippen molar-refractivity contribution in [2.75, 3.05) is 26.2 Å². The van der Waals surface area contributed by atoms with Gasteiger partial charge < -0.3 is 10.4 Å². The fraction of sp³-hybridized carbons (Fsp3) is 0.750. The molecule has 0 bridgehead atoms.